The van der Waals surface area contributed by atoms with Gasteiger partial charge in [-0.3, -0.25) is 19.5 Å². The number of hydrogen-bond acceptors (Lipinski definition) is 8. The third kappa shape index (κ3) is 6.82. The number of piperazine rings is 1. The number of carbonyl (C=O) groups excluding carboxylic acids is 1. The number of carbonyl (C=O) groups is 1. The number of hydrogen-bond donors (Lipinski definition) is 1. The maximum atomic E-state index is 11.5. The van der Waals surface area contributed by atoms with Gasteiger partial charge < -0.3 is 24.2 Å². The molecule has 190 valence electrons. The fourth-order valence-corrected chi connectivity index (χ4v) is 5.14. The van der Waals surface area contributed by atoms with Crippen LogP contribution in [-0.2, 0) is 16.1 Å². The van der Waals surface area contributed by atoms with E-state index in [1.807, 2.05) is 17.0 Å². The maximum absolute atomic E-state index is 11.5. The minimum atomic E-state index is -0.703. The van der Waals surface area contributed by atoms with Crippen molar-refractivity contribution in [3.05, 3.63) is 23.8 Å². The SMILES string of the molecule is COc1cc(CN2CC[C@](O)(CN3CCN(C(C)=O)CC3)C2)ccc1OCCN1CCOCC1. The largest absolute Gasteiger partial charge is 0.493 e. The molecular formula is C25H40N4O5. The third-order valence-corrected chi connectivity index (χ3v) is 7.15. The second kappa shape index (κ2) is 11.7. The van der Waals surface area contributed by atoms with Crippen LogP contribution in [0.1, 0.15) is 18.9 Å². The van der Waals surface area contributed by atoms with E-state index in [4.69, 9.17) is 14.2 Å². The number of amides is 1. The summed E-state index contributed by atoms with van der Waals surface area (Å²) in [7, 11) is 1.68. The molecule has 1 amide bonds. The Balaban J connectivity index is 1.24. The molecule has 9 heteroatoms. The summed E-state index contributed by atoms with van der Waals surface area (Å²) in [5.74, 6) is 1.65. The summed E-state index contributed by atoms with van der Waals surface area (Å²) in [6.07, 6.45) is 0.764. The molecule has 0 unspecified atom stereocenters. The quantitative estimate of drug-likeness (QED) is 0.553. The molecule has 4 rings (SSSR count). The van der Waals surface area contributed by atoms with Crippen LogP contribution in [0.15, 0.2) is 18.2 Å². The van der Waals surface area contributed by atoms with Crippen molar-refractivity contribution in [2.45, 2.75) is 25.5 Å². The molecule has 0 saturated carbocycles. The van der Waals surface area contributed by atoms with Crippen LogP contribution in [0.25, 0.3) is 0 Å². The standard InChI is InChI=1S/C25H40N4O5/c1-21(30)29-9-7-27(8-10-29)19-25(31)5-6-28(20-25)18-22-3-4-23(24(17-22)32-2)34-16-13-26-11-14-33-15-12-26/h3-4,17,31H,5-16,18-20H2,1-2H3/t25-/m0/s1. The Morgan fingerprint density at radius 2 is 1.79 bits per heavy atom. The zero-order valence-electron chi connectivity index (χ0n) is 20.7. The minimum absolute atomic E-state index is 0.134. The summed E-state index contributed by atoms with van der Waals surface area (Å²) in [6, 6.07) is 6.12. The van der Waals surface area contributed by atoms with E-state index in [0.29, 0.717) is 19.7 Å². The number of rotatable bonds is 9. The van der Waals surface area contributed by atoms with Crippen LogP contribution in [0.4, 0.5) is 0 Å². The fourth-order valence-electron chi connectivity index (χ4n) is 5.14. The molecule has 0 aliphatic carbocycles. The van der Waals surface area contributed by atoms with Crippen LogP contribution in [0.3, 0.4) is 0 Å². The van der Waals surface area contributed by atoms with E-state index < -0.39 is 5.60 Å². The summed E-state index contributed by atoms with van der Waals surface area (Å²) < 4.78 is 17.0. The van der Waals surface area contributed by atoms with Crippen LogP contribution >= 0.6 is 0 Å². The van der Waals surface area contributed by atoms with E-state index in [9.17, 15) is 9.90 Å². The van der Waals surface area contributed by atoms with Gasteiger partial charge in [-0.05, 0) is 24.1 Å². The van der Waals surface area contributed by atoms with Crippen molar-refractivity contribution >= 4 is 5.91 Å². The van der Waals surface area contributed by atoms with Gasteiger partial charge in [-0.15, -0.1) is 0 Å². The Hall–Kier alpha value is -1.91. The Morgan fingerprint density at radius 3 is 2.50 bits per heavy atom. The first-order valence-corrected chi connectivity index (χ1v) is 12.5. The average molecular weight is 477 g/mol. The first kappa shape index (κ1) is 25.2. The van der Waals surface area contributed by atoms with Crippen LogP contribution in [0.5, 0.6) is 11.5 Å². The van der Waals surface area contributed by atoms with Crippen LogP contribution in [-0.4, -0.2) is 129 Å². The molecule has 3 fully saturated rings. The smallest absolute Gasteiger partial charge is 0.219 e. The molecule has 1 N–H and O–H groups in total. The first-order valence-electron chi connectivity index (χ1n) is 12.5. The van der Waals surface area contributed by atoms with E-state index in [1.165, 1.54) is 0 Å². The number of ether oxygens (including phenoxy) is 3. The van der Waals surface area contributed by atoms with Crippen molar-refractivity contribution in [1.29, 1.82) is 0 Å². The van der Waals surface area contributed by atoms with Gasteiger partial charge in [0.15, 0.2) is 11.5 Å². The second-order valence-corrected chi connectivity index (χ2v) is 9.75. The normalized spacial score (nSPS) is 25.0. The zero-order valence-corrected chi connectivity index (χ0v) is 20.7. The monoisotopic (exact) mass is 476 g/mol. The summed E-state index contributed by atoms with van der Waals surface area (Å²) in [6.45, 7) is 12.7. The van der Waals surface area contributed by atoms with Gasteiger partial charge in [-0.2, -0.15) is 0 Å². The molecule has 3 saturated heterocycles. The van der Waals surface area contributed by atoms with Gasteiger partial charge in [0.2, 0.25) is 5.91 Å². The Morgan fingerprint density at radius 1 is 1.03 bits per heavy atom. The number of β-amino-alcohol motifs (C(OH)–C–C–N with tert-alkyl or cyclic N) is 1. The highest BCUT2D eigenvalue weighted by Gasteiger charge is 2.38. The third-order valence-electron chi connectivity index (χ3n) is 7.15. The molecule has 3 aliphatic heterocycles. The number of likely N-dealkylation sites (tertiary alicyclic amines) is 1. The predicted octanol–water partition coefficient (Wildman–Crippen LogP) is 0.507. The van der Waals surface area contributed by atoms with Crippen LogP contribution < -0.4 is 9.47 Å². The molecule has 3 aliphatic rings. The predicted molar refractivity (Wildman–Crippen MR) is 129 cm³/mol. The van der Waals surface area contributed by atoms with E-state index in [1.54, 1.807) is 14.0 Å². The van der Waals surface area contributed by atoms with E-state index in [-0.39, 0.29) is 5.91 Å². The first-order chi connectivity index (χ1) is 16.4. The Labute approximate surface area is 203 Å². The minimum Gasteiger partial charge on any atom is -0.493 e. The van der Waals surface area contributed by atoms with Crippen molar-refractivity contribution in [3.8, 4) is 11.5 Å². The molecule has 34 heavy (non-hydrogen) atoms. The molecular weight excluding hydrogens is 436 g/mol. The zero-order chi connectivity index (χ0) is 24.0. The lowest BCUT2D eigenvalue weighted by Gasteiger charge is -2.38. The molecule has 0 radical (unpaired) electrons. The molecule has 1 aromatic rings. The second-order valence-electron chi connectivity index (χ2n) is 9.75. The van der Waals surface area contributed by atoms with Gasteiger partial charge in [0.25, 0.3) is 0 Å². The Bertz CT molecular complexity index is 810. The topological polar surface area (TPSA) is 78.0 Å². The highest BCUT2D eigenvalue weighted by atomic mass is 16.5. The Kier molecular flexibility index (Phi) is 8.65. The van der Waals surface area contributed by atoms with Gasteiger partial charge >= 0.3 is 0 Å². The lowest BCUT2D eigenvalue weighted by atomic mass is 10.0. The average Bonchev–Trinajstić information content (AvgIpc) is 3.20. The summed E-state index contributed by atoms with van der Waals surface area (Å²) in [5.41, 5.74) is 0.446. The van der Waals surface area contributed by atoms with Crippen molar-refractivity contribution in [2.75, 3.05) is 92.4 Å². The summed E-state index contributed by atoms with van der Waals surface area (Å²) in [4.78, 5) is 20.4. The number of methoxy groups -OCH3 is 1. The lowest BCUT2D eigenvalue weighted by Crippen LogP contribution is -2.53. The van der Waals surface area contributed by atoms with Crippen molar-refractivity contribution in [2.24, 2.45) is 0 Å². The maximum Gasteiger partial charge on any atom is 0.219 e. The highest BCUT2D eigenvalue weighted by Crippen LogP contribution is 2.30. The molecule has 9 nitrogen and oxygen atoms in total. The summed E-state index contributed by atoms with van der Waals surface area (Å²) in [5, 5.41) is 11.2. The highest BCUT2D eigenvalue weighted by molar-refractivity contribution is 5.73. The molecule has 3 heterocycles. The lowest BCUT2D eigenvalue weighted by molar-refractivity contribution is -0.130. The summed E-state index contributed by atoms with van der Waals surface area (Å²) >= 11 is 0. The number of nitrogens with zero attached hydrogens (tertiary/aromatic N) is 4. The van der Waals surface area contributed by atoms with Gasteiger partial charge in [-0.1, -0.05) is 6.07 Å². The van der Waals surface area contributed by atoms with Gasteiger partial charge in [-0.25, -0.2) is 0 Å². The molecule has 1 aromatic carbocycles. The van der Waals surface area contributed by atoms with Gasteiger partial charge in [0.1, 0.15) is 6.61 Å². The van der Waals surface area contributed by atoms with Crippen LogP contribution in [0, 0.1) is 0 Å². The van der Waals surface area contributed by atoms with Crippen molar-refractivity contribution < 1.29 is 24.1 Å². The number of benzene rings is 1. The van der Waals surface area contributed by atoms with E-state index in [2.05, 4.69) is 20.8 Å². The number of aliphatic hydroxyl groups is 1. The van der Waals surface area contributed by atoms with E-state index >= 15 is 0 Å². The molecule has 0 bridgehead atoms. The van der Waals surface area contributed by atoms with Crippen molar-refractivity contribution in [1.82, 2.24) is 19.6 Å². The van der Waals surface area contributed by atoms with Gasteiger partial charge in [0.05, 0.1) is 25.9 Å². The molecule has 1 atom stereocenters. The molecule has 0 spiro atoms. The van der Waals surface area contributed by atoms with Gasteiger partial charge in [0, 0.05) is 78.9 Å². The number of morpholine rings is 1. The fraction of sp³-hybridized carbons (Fsp3) is 0.720. The van der Waals surface area contributed by atoms with Crippen LogP contribution in [0.2, 0.25) is 0 Å². The van der Waals surface area contributed by atoms with E-state index in [0.717, 1.165) is 95.6 Å². The molecule has 0 aromatic heterocycles. The van der Waals surface area contributed by atoms with Crippen molar-refractivity contribution in [3.63, 3.8) is 0 Å².